The van der Waals surface area contributed by atoms with Gasteiger partial charge in [-0.3, -0.25) is 9.10 Å². The highest BCUT2D eigenvalue weighted by Gasteiger charge is 2.29. The summed E-state index contributed by atoms with van der Waals surface area (Å²) in [5.41, 5.74) is 0.440. The van der Waals surface area contributed by atoms with Crippen molar-refractivity contribution in [1.82, 2.24) is 4.90 Å². The Balaban J connectivity index is 1.94. The van der Waals surface area contributed by atoms with Crippen molar-refractivity contribution in [2.24, 2.45) is 0 Å². The molecule has 3 rings (SSSR count). The van der Waals surface area contributed by atoms with E-state index in [0.29, 0.717) is 31.1 Å². The average Bonchev–Trinajstić information content (AvgIpc) is 3.22. The number of anilines is 1. The van der Waals surface area contributed by atoms with Crippen LogP contribution in [0.5, 0.6) is 5.75 Å². The summed E-state index contributed by atoms with van der Waals surface area (Å²) >= 11 is 0. The molecule has 0 saturated carbocycles. The molecular formula is C20H24N2O4S. The summed E-state index contributed by atoms with van der Waals surface area (Å²) < 4.78 is 33.0. The normalized spacial score (nSPS) is 14.2. The molecule has 0 spiro atoms. The molecule has 1 aliphatic rings. The lowest BCUT2D eigenvalue weighted by Gasteiger charge is -2.26. The first-order valence-electron chi connectivity index (χ1n) is 9.11. The molecule has 1 heterocycles. The second-order valence-corrected chi connectivity index (χ2v) is 8.20. The van der Waals surface area contributed by atoms with E-state index in [4.69, 9.17) is 4.74 Å². The maximum Gasteiger partial charge on any atom is 0.264 e. The molecule has 0 aliphatic carbocycles. The van der Waals surface area contributed by atoms with Gasteiger partial charge in [-0.2, -0.15) is 0 Å². The van der Waals surface area contributed by atoms with E-state index in [9.17, 15) is 13.2 Å². The van der Waals surface area contributed by atoms with Crippen molar-refractivity contribution >= 4 is 21.6 Å². The van der Waals surface area contributed by atoms with Crippen LogP contribution in [0.3, 0.4) is 0 Å². The summed E-state index contributed by atoms with van der Waals surface area (Å²) in [6.45, 7) is 3.56. The van der Waals surface area contributed by atoms with Gasteiger partial charge in [0.05, 0.1) is 17.2 Å². The van der Waals surface area contributed by atoms with E-state index in [2.05, 4.69) is 0 Å². The van der Waals surface area contributed by atoms with Gasteiger partial charge in [-0.1, -0.05) is 18.2 Å². The Morgan fingerprint density at radius 2 is 1.67 bits per heavy atom. The van der Waals surface area contributed by atoms with Crippen LogP contribution in [0.15, 0.2) is 59.5 Å². The lowest BCUT2D eigenvalue weighted by atomic mass is 10.3. The van der Waals surface area contributed by atoms with Crippen LogP contribution >= 0.6 is 0 Å². The van der Waals surface area contributed by atoms with E-state index in [1.807, 2.05) is 6.92 Å². The number of hydrogen-bond donors (Lipinski definition) is 0. The van der Waals surface area contributed by atoms with Crippen molar-refractivity contribution < 1.29 is 17.9 Å². The van der Waals surface area contributed by atoms with E-state index < -0.39 is 10.0 Å². The van der Waals surface area contributed by atoms with Crippen LogP contribution in [0.25, 0.3) is 0 Å². The van der Waals surface area contributed by atoms with Crippen molar-refractivity contribution in [3.8, 4) is 5.75 Å². The van der Waals surface area contributed by atoms with Gasteiger partial charge in [0.15, 0.2) is 0 Å². The molecular weight excluding hydrogens is 364 g/mol. The largest absolute Gasteiger partial charge is 0.494 e. The fourth-order valence-electron chi connectivity index (χ4n) is 3.10. The van der Waals surface area contributed by atoms with Crippen molar-refractivity contribution in [3.63, 3.8) is 0 Å². The Morgan fingerprint density at radius 3 is 2.26 bits per heavy atom. The Morgan fingerprint density at radius 1 is 1.04 bits per heavy atom. The molecule has 6 nitrogen and oxygen atoms in total. The second-order valence-electron chi connectivity index (χ2n) is 6.34. The predicted molar refractivity (Wildman–Crippen MR) is 104 cm³/mol. The second kappa shape index (κ2) is 8.43. The molecule has 1 saturated heterocycles. The summed E-state index contributed by atoms with van der Waals surface area (Å²) in [5.74, 6) is 0.477. The van der Waals surface area contributed by atoms with Gasteiger partial charge in [0, 0.05) is 13.1 Å². The summed E-state index contributed by atoms with van der Waals surface area (Å²) in [6, 6.07) is 15.0. The zero-order chi connectivity index (χ0) is 19.3. The fraction of sp³-hybridized carbons (Fsp3) is 0.350. The van der Waals surface area contributed by atoms with Crippen LogP contribution in [0, 0.1) is 0 Å². The van der Waals surface area contributed by atoms with Gasteiger partial charge < -0.3 is 9.64 Å². The minimum atomic E-state index is -3.86. The maximum atomic E-state index is 13.2. The molecule has 0 N–H and O–H groups in total. The highest BCUT2D eigenvalue weighted by molar-refractivity contribution is 7.92. The highest BCUT2D eigenvalue weighted by atomic mass is 32.2. The van der Waals surface area contributed by atoms with Gasteiger partial charge >= 0.3 is 0 Å². The minimum Gasteiger partial charge on any atom is -0.494 e. The van der Waals surface area contributed by atoms with Gasteiger partial charge in [-0.25, -0.2) is 8.42 Å². The zero-order valence-corrected chi connectivity index (χ0v) is 16.2. The number of benzene rings is 2. The van der Waals surface area contributed by atoms with Gasteiger partial charge in [0.2, 0.25) is 5.91 Å². The quantitative estimate of drug-likeness (QED) is 0.731. The van der Waals surface area contributed by atoms with Crippen molar-refractivity contribution in [1.29, 1.82) is 0 Å². The van der Waals surface area contributed by atoms with E-state index >= 15 is 0 Å². The standard InChI is InChI=1S/C20H24N2O4S/c1-2-26-18-12-10-17(11-13-18)22(16-20(23)21-14-6-7-15-21)27(24,25)19-8-4-3-5-9-19/h3-5,8-13H,2,6-7,14-16H2,1H3. The van der Waals surface area contributed by atoms with Gasteiger partial charge in [0.25, 0.3) is 10.0 Å². The molecule has 0 bridgehead atoms. The Hall–Kier alpha value is -2.54. The van der Waals surface area contributed by atoms with Crippen LogP contribution in [0.1, 0.15) is 19.8 Å². The number of nitrogens with zero attached hydrogens (tertiary/aromatic N) is 2. The Kier molecular flexibility index (Phi) is 6.01. The average molecular weight is 388 g/mol. The molecule has 0 aromatic heterocycles. The number of carbonyl (C=O) groups excluding carboxylic acids is 1. The number of hydrogen-bond acceptors (Lipinski definition) is 4. The molecule has 1 amide bonds. The van der Waals surface area contributed by atoms with Crippen LogP contribution < -0.4 is 9.04 Å². The molecule has 1 fully saturated rings. The molecule has 27 heavy (non-hydrogen) atoms. The van der Waals surface area contributed by atoms with E-state index in [0.717, 1.165) is 12.8 Å². The van der Waals surface area contributed by atoms with Crippen molar-refractivity contribution in [2.45, 2.75) is 24.7 Å². The molecule has 0 unspecified atom stereocenters. The lowest BCUT2D eigenvalue weighted by molar-refractivity contribution is -0.128. The first-order chi connectivity index (χ1) is 13.0. The topological polar surface area (TPSA) is 66.9 Å². The fourth-order valence-corrected chi connectivity index (χ4v) is 4.53. The van der Waals surface area contributed by atoms with Crippen LogP contribution in [-0.4, -0.2) is 45.5 Å². The zero-order valence-electron chi connectivity index (χ0n) is 15.4. The highest BCUT2D eigenvalue weighted by Crippen LogP contribution is 2.26. The Labute approximate surface area is 160 Å². The smallest absolute Gasteiger partial charge is 0.264 e. The van der Waals surface area contributed by atoms with E-state index in [1.165, 1.54) is 16.4 Å². The number of carbonyl (C=O) groups is 1. The van der Waals surface area contributed by atoms with Gasteiger partial charge in [-0.15, -0.1) is 0 Å². The van der Waals surface area contributed by atoms with Crippen LogP contribution in [0.2, 0.25) is 0 Å². The molecule has 0 atom stereocenters. The van der Waals surface area contributed by atoms with Crippen LogP contribution in [0.4, 0.5) is 5.69 Å². The molecule has 0 radical (unpaired) electrons. The monoisotopic (exact) mass is 388 g/mol. The number of amides is 1. The maximum absolute atomic E-state index is 13.2. The summed E-state index contributed by atoms with van der Waals surface area (Å²) in [4.78, 5) is 14.6. The lowest BCUT2D eigenvalue weighted by Crippen LogP contribution is -2.42. The third-order valence-electron chi connectivity index (χ3n) is 4.50. The minimum absolute atomic E-state index is 0.160. The molecule has 144 valence electrons. The Bertz CT molecular complexity index is 861. The third kappa shape index (κ3) is 4.42. The number of rotatable bonds is 7. The number of ether oxygens (including phenoxy) is 1. The van der Waals surface area contributed by atoms with Crippen LogP contribution in [-0.2, 0) is 14.8 Å². The van der Waals surface area contributed by atoms with Gasteiger partial charge in [0.1, 0.15) is 12.3 Å². The third-order valence-corrected chi connectivity index (χ3v) is 6.29. The number of likely N-dealkylation sites (tertiary alicyclic amines) is 1. The summed E-state index contributed by atoms with van der Waals surface area (Å²) in [6.07, 6.45) is 1.92. The molecule has 2 aromatic carbocycles. The van der Waals surface area contributed by atoms with Crippen molar-refractivity contribution in [3.05, 3.63) is 54.6 Å². The SMILES string of the molecule is CCOc1ccc(N(CC(=O)N2CCCC2)S(=O)(=O)c2ccccc2)cc1. The van der Waals surface area contributed by atoms with Crippen molar-refractivity contribution in [2.75, 3.05) is 30.5 Å². The molecule has 1 aliphatic heterocycles. The predicted octanol–water partition coefficient (Wildman–Crippen LogP) is 2.90. The first-order valence-corrected chi connectivity index (χ1v) is 10.5. The number of sulfonamides is 1. The van der Waals surface area contributed by atoms with E-state index in [1.54, 1.807) is 47.4 Å². The van der Waals surface area contributed by atoms with Gasteiger partial charge in [-0.05, 0) is 56.2 Å². The first kappa shape index (κ1) is 19.2. The van der Waals surface area contributed by atoms with E-state index in [-0.39, 0.29) is 17.3 Å². The summed E-state index contributed by atoms with van der Waals surface area (Å²) in [7, 11) is -3.86. The molecule has 7 heteroatoms. The summed E-state index contributed by atoms with van der Waals surface area (Å²) in [5, 5.41) is 0. The molecule has 2 aromatic rings.